The van der Waals surface area contributed by atoms with Crippen LogP contribution >= 0.6 is 11.6 Å². The number of hydrogen-bond acceptors (Lipinski definition) is 5. The molecule has 2 aromatic heterocycles. The monoisotopic (exact) mass is 524 g/mol. The van der Waals surface area contributed by atoms with Crippen molar-refractivity contribution in [1.82, 2.24) is 4.98 Å². The van der Waals surface area contributed by atoms with E-state index in [1.54, 1.807) is 0 Å². The molecule has 36 heavy (non-hydrogen) atoms. The number of carboxylic acids is 1. The van der Waals surface area contributed by atoms with Gasteiger partial charge in [0.1, 0.15) is 28.1 Å². The third-order valence-corrected chi connectivity index (χ3v) is 5.49. The van der Waals surface area contributed by atoms with Crippen LogP contribution < -0.4 is 10.7 Å². The second kappa shape index (κ2) is 9.23. The molecule has 0 aliphatic heterocycles. The summed E-state index contributed by atoms with van der Waals surface area (Å²) in [5, 5.41) is 11.6. The van der Waals surface area contributed by atoms with Crippen LogP contribution in [0.25, 0.3) is 22.3 Å². The average Bonchev–Trinajstić information content (AvgIpc) is 2.78. The molecule has 0 saturated carbocycles. The second-order valence-electron chi connectivity index (χ2n) is 7.74. The summed E-state index contributed by atoms with van der Waals surface area (Å²) >= 11 is 5.75. The summed E-state index contributed by atoms with van der Waals surface area (Å²) in [5.41, 5.74) is -3.35. The predicted octanol–water partition coefficient (Wildman–Crippen LogP) is 6.68. The number of nitrogens with one attached hydrogen (secondary N) is 1. The van der Waals surface area contributed by atoms with Crippen molar-refractivity contribution in [3.05, 3.63) is 92.4 Å². The lowest BCUT2D eigenvalue weighted by atomic mass is 9.99. The van der Waals surface area contributed by atoms with E-state index in [0.29, 0.717) is 12.1 Å². The van der Waals surface area contributed by atoms with Gasteiger partial charge in [-0.2, -0.15) is 13.2 Å². The van der Waals surface area contributed by atoms with Gasteiger partial charge in [0.15, 0.2) is 11.1 Å². The van der Waals surface area contributed by atoms with E-state index in [0.717, 1.165) is 24.3 Å². The minimum atomic E-state index is -4.83. The molecule has 0 radical (unpaired) electrons. The number of hydrogen-bond donors (Lipinski definition) is 2. The topological polar surface area (TPSA) is 92.4 Å². The van der Waals surface area contributed by atoms with Crippen molar-refractivity contribution in [2.24, 2.45) is 0 Å². The summed E-state index contributed by atoms with van der Waals surface area (Å²) in [6, 6.07) is 6.17. The Kier molecular flexibility index (Phi) is 6.44. The number of alkyl halides is 3. The molecule has 0 aliphatic carbocycles. The fourth-order valence-corrected chi connectivity index (χ4v) is 3.77. The molecule has 1 atom stereocenters. The number of benzene rings is 2. The van der Waals surface area contributed by atoms with Crippen LogP contribution in [0, 0.1) is 11.6 Å². The minimum absolute atomic E-state index is 0.0620. The van der Waals surface area contributed by atoms with Gasteiger partial charge in [-0.05, 0) is 43.3 Å². The molecule has 2 aromatic carbocycles. The third-order valence-electron chi connectivity index (χ3n) is 5.28. The van der Waals surface area contributed by atoms with Gasteiger partial charge in [-0.3, -0.25) is 4.79 Å². The number of carbonyl (C=O) groups is 1. The smallest absolute Gasteiger partial charge is 0.416 e. The number of carboxylic acid groups (broad SMARTS) is 1. The van der Waals surface area contributed by atoms with Crippen LogP contribution in [0.2, 0.25) is 5.15 Å². The normalized spacial score (nSPS) is 12.5. The maximum atomic E-state index is 14.4. The molecule has 186 valence electrons. The van der Waals surface area contributed by atoms with Gasteiger partial charge >= 0.3 is 12.1 Å². The third kappa shape index (κ3) is 4.87. The molecule has 12 heteroatoms. The van der Waals surface area contributed by atoms with Crippen molar-refractivity contribution in [2.75, 3.05) is 5.32 Å². The highest BCUT2D eigenvalue weighted by Crippen LogP contribution is 2.37. The fraction of sp³-hybridized carbons (Fsp3) is 0.125. The van der Waals surface area contributed by atoms with E-state index in [9.17, 15) is 36.6 Å². The van der Waals surface area contributed by atoms with Gasteiger partial charge < -0.3 is 14.8 Å². The number of nitrogens with zero attached hydrogens (tertiary/aromatic N) is 1. The lowest BCUT2D eigenvalue weighted by molar-refractivity contribution is -0.137. The van der Waals surface area contributed by atoms with Crippen LogP contribution in [0.15, 0.2) is 57.7 Å². The Bertz CT molecular complexity index is 1570. The van der Waals surface area contributed by atoms with Crippen molar-refractivity contribution < 1.29 is 36.3 Å². The lowest BCUT2D eigenvalue weighted by Gasteiger charge is -2.20. The molecule has 6 nitrogen and oxygen atoms in total. The first kappa shape index (κ1) is 25.1. The number of aromatic nitrogens is 1. The molecule has 0 fully saturated rings. The predicted molar refractivity (Wildman–Crippen MR) is 121 cm³/mol. The quantitative estimate of drug-likeness (QED) is 0.223. The lowest BCUT2D eigenvalue weighted by Crippen LogP contribution is -2.15. The van der Waals surface area contributed by atoms with Crippen LogP contribution in [0.3, 0.4) is 0 Å². The van der Waals surface area contributed by atoms with Crippen molar-refractivity contribution in [1.29, 1.82) is 0 Å². The van der Waals surface area contributed by atoms with E-state index in [1.807, 2.05) is 0 Å². The van der Waals surface area contributed by atoms with Gasteiger partial charge in [-0.15, -0.1) is 0 Å². The Morgan fingerprint density at radius 3 is 2.47 bits per heavy atom. The average molecular weight is 525 g/mol. The number of halogens is 6. The summed E-state index contributed by atoms with van der Waals surface area (Å²) in [4.78, 5) is 28.1. The van der Waals surface area contributed by atoms with Crippen molar-refractivity contribution in [3.63, 3.8) is 0 Å². The van der Waals surface area contributed by atoms with Crippen LogP contribution in [0.4, 0.5) is 27.6 Å². The Labute approximate surface area is 204 Å². The standard InChI is InChI=1S/C24H14ClF5N2O4/c1-10(31-17-4-5-20(25)32-21(17)23(34)35)14-6-11(24(28,29)30)7-15-18(33)9-19(36-22(14)15)13-3-2-12(26)8-16(13)27/h2-10,31H,1H3,(H,34,35)/t10-/m1/s1. The second-order valence-corrected chi connectivity index (χ2v) is 8.13. The number of rotatable bonds is 5. The van der Waals surface area contributed by atoms with E-state index in [-0.39, 0.29) is 33.3 Å². The first-order valence-electron chi connectivity index (χ1n) is 10.2. The van der Waals surface area contributed by atoms with Gasteiger partial charge in [0, 0.05) is 17.7 Å². The summed E-state index contributed by atoms with van der Waals surface area (Å²) < 4.78 is 74.3. The first-order valence-corrected chi connectivity index (χ1v) is 10.5. The molecule has 0 aliphatic rings. The van der Waals surface area contributed by atoms with Gasteiger partial charge in [0.05, 0.1) is 28.2 Å². The first-order chi connectivity index (χ1) is 16.8. The largest absolute Gasteiger partial charge is 0.476 e. The van der Waals surface area contributed by atoms with Crippen LogP contribution in [0.5, 0.6) is 0 Å². The number of fused-ring (bicyclic) bond motifs is 1. The van der Waals surface area contributed by atoms with E-state index in [4.69, 9.17) is 16.0 Å². The molecule has 2 N–H and O–H groups in total. The molecular weight excluding hydrogens is 511 g/mol. The Balaban J connectivity index is 1.94. The van der Waals surface area contributed by atoms with Gasteiger partial charge in [-0.1, -0.05) is 11.6 Å². The van der Waals surface area contributed by atoms with Gasteiger partial charge in [0.25, 0.3) is 0 Å². The van der Waals surface area contributed by atoms with E-state index in [2.05, 4.69) is 10.3 Å². The van der Waals surface area contributed by atoms with Crippen LogP contribution in [0.1, 0.15) is 34.6 Å². The maximum absolute atomic E-state index is 14.4. The van der Waals surface area contributed by atoms with Crippen molar-refractivity contribution in [2.45, 2.75) is 19.1 Å². The van der Waals surface area contributed by atoms with Crippen molar-refractivity contribution >= 4 is 34.2 Å². The van der Waals surface area contributed by atoms with Gasteiger partial charge in [-0.25, -0.2) is 18.6 Å². The number of pyridine rings is 1. The van der Waals surface area contributed by atoms with Crippen LogP contribution in [-0.4, -0.2) is 16.1 Å². The van der Waals surface area contributed by atoms with Crippen molar-refractivity contribution in [3.8, 4) is 11.3 Å². The van der Waals surface area contributed by atoms with E-state index in [1.165, 1.54) is 19.1 Å². The fourth-order valence-electron chi connectivity index (χ4n) is 3.62. The van der Waals surface area contributed by atoms with E-state index >= 15 is 0 Å². The zero-order valence-electron chi connectivity index (χ0n) is 18.1. The van der Waals surface area contributed by atoms with Crippen LogP contribution in [-0.2, 0) is 6.18 Å². The molecule has 0 spiro atoms. The number of anilines is 1. The van der Waals surface area contributed by atoms with Gasteiger partial charge in [0.2, 0.25) is 0 Å². The molecule has 0 bridgehead atoms. The molecule has 0 unspecified atom stereocenters. The molecule has 0 amide bonds. The summed E-state index contributed by atoms with van der Waals surface area (Å²) in [7, 11) is 0. The molecule has 4 rings (SSSR count). The molecule has 0 saturated heterocycles. The highest BCUT2D eigenvalue weighted by atomic mass is 35.5. The molecule has 4 aromatic rings. The van der Waals surface area contributed by atoms with E-state index < -0.39 is 51.9 Å². The molecular formula is C24H14ClF5N2O4. The summed E-state index contributed by atoms with van der Waals surface area (Å²) in [6.07, 6.45) is -4.83. The SMILES string of the molecule is C[C@@H](Nc1ccc(Cl)nc1C(=O)O)c1cc(C(F)(F)F)cc2c(=O)cc(-c3ccc(F)cc3F)oc12. The summed E-state index contributed by atoms with van der Waals surface area (Å²) in [6.45, 7) is 1.40. The highest BCUT2D eigenvalue weighted by molar-refractivity contribution is 6.29. The molecule has 2 heterocycles. The minimum Gasteiger partial charge on any atom is -0.476 e. The maximum Gasteiger partial charge on any atom is 0.416 e. The Morgan fingerprint density at radius 1 is 1.11 bits per heavy atom. The Morgan fingerprint density at radius 2 is 1.83 bits per heavy atom. The number of aromatic carboxylic acids is 1. The highest BCUT2D eigenvalue weighted by Gasteiger charge is 2.33. The zero-order chi connectivity index (χ0) is 26.4. The zero-order valence-corrected chi connectivity index (χ0v) is 18.8. The summed E-state index contributed by atoms with van der Waals surface area (Å²) in [5.74, 6) is -3.70. The Hall–Kier alpha value is -3.99.